The van der Waals surface area contributed by atoms with Gasteiger partial charge in [-0.15, -0.1) is 21.5 Å². The molecule has 0 spiro atoms. The lowest BCUT2D eigenvalue weighted by Gasteiger charge is -2.29. The van der Waals surface area contributed by atoms with Gasteiger partial charge in [-0.1, -0.05) is 0 Å². The van der Waals surface area contributed by atoms with Crippen molar-refractivity contribution in [1.82, 2.24) is 29.9 Å². The number of rotatable bonds is 8. The van der Waals surface area contributed by atoms with Crippen molar-refractivity contribution in [2.24, 2.45) is 18.9 Å². The third-order valence-electron chi connectivity index (χ3n) is 7.85. The van der Waals surface area contributed by atoms with Gasteiger partial charge in [0, 0.05) is 30.6 Å². The number of thiophene rings is 1. The Morgan fingerprint density at radius 1 is 1.20 bits per heavy atom. The zero-order valence-corrected chi connectivity index (χ0v) is 22.7. The van der Waals surface area contributed by atoms with Crippen LogP contribution in [0.3, 0.4) is 0 Å². The average Bonchev–Trinajstić information content (AvgIpc) is 3.20. The molecule has 3 N–H and O–H groups in total. The van der Waals surface area contributed by atoms with E-state index in [0.717, 1.165) is 21.2 Å². The molecular weight excluding hydrogens is 571 g/mol. The van der Waals surface area contributed by atoms with Crippen molar-refractivity contribution in [3.8, 4) is 0 Å². The van der Waals surface area contributed by atoms with Gasteiger partial charge in [0.15, 0.2) is 5.69 Å². The normalized spacial score (nSPS) is 25.3. The smallest absolute Gasteiger partial charge is 0.352 e. The Balaban J connectivity index is 1.24. The number of amides is 2. The predicted molar refractivity (Wildman–Crippen MR) is 138 cm³/mol. The minimum Gasteiger partial charge on any atom is -0.352 e. The molecule has 0 saturated heterocycles. The number of carbonyl (C=O) groups is 2. The monoisotopic (exact) mass is 598 g/mol. The molecule has 3 aliphatic carbocycles. The maximum atomic E-state index is 13.5. The zero-order chi connectivity index (χ0) is 29.1. The number of aryl methyl sites for hydroxylation is 2. The first kappa shape index (κ1) is 27.6. The molecular formula is C25H27F5N8O2S. The first-order valence-corrected chi connectivity index (χ1v) is 14.1. The fraction of sp³-hybridized carbons (Fsp3) is 0.560. The number of nitrogens with one attached hydrogen (secondary N) is 3. The molecule has 10 nitrogen and oxygen atoms in total. The highest BCUT2D eigenvalue weighted by molar-refractivity contribution is 7.17. The summed E-state index contributed by atoms with van der Waals surface area (Å²) in [6, 6.07) is 0.626. The van der Waals surface area contributed by atoms with Crippen molar-refractivity contribution < 1.29 is 31.5 Å². The first-order chi connectivity index (χ1) is 19.5. The molecule has 3 atom stereocenters. The SMILES string of the molecule is Cn1nc(C(F)(F)F)cc1Nc1nncn1C1CCc2sc(NC(=O)[C@H]3C[C@H]3F)c(C(=O)NCC3CC(F)C3)c2C1. The van der Waals surface area contributed by atoms with E-state index in [4.69, 9.17) is 0 Å². The second-order valence-electron chi connectivity index (χ2n) is 10.8. The summed E-state index contributed by atoms with van der Waals surface area (Å²) < 4.78 is 69.0. The molecule has 3 heterocycles. The van der Waals surface area contributed by atoms with Crippen molar-refractivity contribution in [1.29, 1.82) is 0 Å². The molecule has 1 unspecified atom stereocenters. The minimum atomic E-state index is -4.61. The molecule has 0 bridgehead atoms. The van der Waals surface area contributed by atoms with E-state index in [-0.39, 0.29) is 30.1 Å². The van der Waals surface area contributed by atoms with Crippen molar-refractivity contribution in [2.45, 2.75) is 63.1 Å². The van der Waals surface area contributed by atoms with Crippen LogP contribution in [0.1, 0.15) is 58.2 Å². The van der Waals surface area contributed by atoms with Gasteiger partial charge in [0.05, 0.1) is 11.5 Å². The third kappa shape index (κ3) is 5.53. The maximum Gasteiger partial charge on any atom is 0.435 e. The Hall–Kier alpha value is -3.56. The van der Waals surface area contributed by atoms with Gasteiger partial charge in [0.2, 0.25) is 11.9 Å². The molecule has 16 heteroatoms. The average molecular weight is 599 g/mol. The molecule has 3 aromatic heterocycles. The van der Waals surface area contributed by atoms with E-state index in [9.17, 15) is 31.5 Å². The van der Waals surface area contributed by atoms with Crippen LogP contribution in [-0.4, -0.2) is 55.2 Å². The Bertz CT molecular complexity index is 1480. The lowest BCUT2D eigenvalue weighted by molar-refractivity contribution is -0.141. The van der Waals surface area contributed by atoms with Gasteiger partial charge in [-0.05, 0) is 50.0 Å². The van der Waals surface area contributed by atoms with E-state index in [2.05, 4.69) is 31.2 Å². The van der Waals surface area contributed by atoms with Crippen LogP contribution < -0.4 is 16.0 Å². The standard InChI is InChI=1S/C25H27F5N8O2S/c1-37-19(8-18(36-37)25(28,29)30)33-24-35-32-10-38(24)13-2-3-17-15(6-13)20(22(40)31-9-11-4-12(26)5-11)23(41-17)34-21(39)14-7-16(14)27/h8,10-14,16H,2-7,9H2,1H3,(H,31,40)(H,33,35)(H,34,39)/t11?,12?,13?,14-,16+/m0/s1. The van der Waals surface area contributed by atoms with E-state index in [1.165, 1.54) is 24.7 Å². The summed E-state index contributed by atoms with van der Waals surface area (Å²) in [5, 5.41) is 20.3. The van der Waals surface area contributed by atoms with Gasteiger partial charge in [-0.3, -0.25) is 18.8 Å². The summed E-state index contributed by atoms with van der Waals surface area (Å²) in [5.41, 5.74) is -0.0176. The van der Waals surface area contributed by atoms with Gasteiger partial charge in [0.25, 0.3) is 5.91 Å². The lowest BCUT2D eigenvalue weighted by Crippen LogP contribution is -2.37. The largest absolute Gasteiger partial charge is 0.435 e. The third-order valence-corrected chi connectivity index (χ3v) is 9.06. The fourth-order valence-electron chi connectivity index (χ4n) is 5.35. The van der Waals surface area contributed by atoms with E-state index >= 15 is 0 Å². The van der Waals surface area contributed by atoms with Gasteiger partial charge in [0.1, 0.15) is 29.5 Å². The lowest BCUT2D eigenvalue weighted by atomic mass is 9.83. The molecule has 2 amide bonds. The van der Waals surface area contributed by atoms with Crippen LogP contribution in [0.15, 0.2) is 12.4 Å². The molecule has 2 fully saturated rings. The maximum absolute atomic E-state index is 13.5. The Morgan fingerprint density at radius 2 is 1.95 bits per heavy atom. The van der Waals surface area contributed by atoms with Crippen molar-refractivity contribution >= 4 is 39.9 Å². The van der Waals surface area contributed by atoms with Crippen molar-refractivity contribution in [3.05, 3.63) is 34.1 Å². The molecule has 0 aliphatic heterocycles. The van der Waals surface area contributed by atoms with Gasteiger partial charge < -0.3 is 16.0 Å². The van der Waals surface area contributed by atoms with Crippen LogP contribution in [0.4, 0.5) is 38.7 Å². The minimum absolute atomic E-state index is 0.0449. The molecule has 6 rings (SSSR count). The molecule has 0 aromatic carbocycles. The van der Waals surface area contributed by atoms with Crippen LogP contribution in [-0.2, 0) is 30.9 Å². The summed E-state index contributed by atoms with van der Waals surface area (Å²) in [6.45, 7) is 0.306. The van der Waals surface area contributed by atoms with E-state index in [1.807, 2.05) is 0 Å². The number of fused-ring (bicyclic) bond motifs is 1. The summed E-state index contributed by atoms with van der Waals surface area (Å²) in [4.78, 5) is 26.9. The second kappa shape index (κ2) is 10.4. The van der Waals surface area contributed by atoms with Crippen LogP contribution in [0.25, 0.3) is 0 Å². The van der Waals surface area contributed by atoms with Gasteiger partial charge in [-0.25, -0.2) is 8.78 Å². The summed E-state index contributed by atoms with van der Waals surface area (Å²) in [5.74, 6) is -1.28. The molecule has 220 valence electrons. The van der Waals surface area contributed by atoms with Crippen molar-refractivity contribution in [2.75, 3.05) is 17.2 Å². The molecule has 41 heavy (non-hydrogen) atoms. The topological polar surface area (TPSA) is 119 Å². The fourth-order valence-corrected chi connectivity index (χ4v) is 6.60. The molecule has 3 aromatic rings. The number of carbonyl (C=O) groups excluding carboxylic acids is 2. The van der Waals surface area contributed by atoms with Crippen LogP contribution >= 0.6 is 11.3 Å². The van der Waals surface area contributed by atoms with Crippen LogP contribution in [0, 0.1) is 11.8 Å². The number of hydrogen-bond acceptors (Lipinski definition) is 7. The number of aromatic nitrogens is 5. The van der Waals surface area contributed by atoms with Gasteiger partial charge >= 0.3 is 6.18 Å². The molecule has 0 radical (unpaired) electrons. The Morgan fingerprint density at radius 3 is 2.61 bits per heavy atom. The quantitative estimate of drug-likeness (QED) is 0.332. The number of nitrogens with zero attached hydrogens (tertiary/aromatic N) is 5. The predicted octanol–water partition coefficient (Wildman–Crippen LogP) is 4.34. The Labute approximate surface area is 234 Å². The zero-order valence-electron chi connectivity index (χ0n) is 21.8. The highest BCUT2D eigenvalue weighted by Crippen LogP contribution is 2.43. The number of anilines is 3. The van der Waals surface area contributed by atoms with E-state index < -0.39 is 41.9 Å². The first-order valence-electron chi connectivity index (χ1n) is 13.3. The number of alkyl halides is 5. The molecule has 3 aliphatic rings. The highest BCUT2D eigenvalue weighted by atomic mass is 32.1. The van der Waals surface area contributed by atoms with Crippen LogP contribution in [0.2, 0.25) is 0 Å². The number of halogens is 5. The highest BCUT2D eigenvalue weighted by Gasteiger charge is 2.44. The van der Waals surface area contributed by atoms with E-state index in [1.54, 1.807) is 4.57 Å². The van der Waals surface area contributed by atoms with Crippen LogP contribution in [0.5, 0.6) is 0 Å². The Kier molecular flexibility index (Phi) is 6.98. The van der Waals surface area contributed by atoms with Gasteiger partial charge in [-0.2, -0.15) is 18.3 Å². The summed E-state index contributed by atoms with van der Waals surface area (Å²) in [7, 11) is 1.38. The summed E-state index contributed by atoms with van der Waals surface area (Å²) >= 11 is 1.28. The van der Waals surface area contributed by atoms with Crippen molar-refractivity contribution in [3.63, 3.8) is 0 Å². The van der Waals surface area contributed by atoms with E-state index in [0.29, 0.717) is 49.2 Å². The molecule has 2 saturated carbocycles. The second-order valence-corrected chi connectivity index (χ2v) is 11.9. The summed E-state index contributed by atoms with van der Waals surface area (Å²) in [6.07, 6.45) is -2.73. The number of hydrogen-bond donors (Lipinski definition) is 3.